The van der Waals surface area contributed by atoms with Crippen LogP contribution < -0.4 is 15.8 Å². The molecule has 2 amide bonds. The van der Waals surface area contributed by atoms with E-state index in [1.165, 1.54) is 12.3 Å². The van der Waals surface area contributed by atoms with Crippen LogP contribution in [-0.2, 0) is 4.79 Å². The molecule has 3 rings (SSSR count). The standard InChI is InChI=1S/C18H20N4O3/c1-2-25-14-7-8-20-10-13(14)15-12(16(19)23)6-9-21-17(15)22-18(24)11-4-3-5-11/h6-11H,2-5H2,1H3,(H2,19,23)(H,21,22,24). The van der Waals surface area contributed by atoms with Gasteiger partial charge in [-0.2, -0.15) is 0 Å². The summed E-state index contributed by atoms with van der Waals surface area (Å²) in [5.41, 5.74) is 6.78. The van der Waals surface area contributed by atoms with E-state index in [1.54, 1.807) is 18.5 Å². The van der Waals surface area contributed by atoms with Crippen molar-refractivity contribution < 1.29 is 14.3 Å². The van der Waals surface area contributed by atoms with Crippen LogP contribution >= 0.6 is 0 Å². The van der Waals surface area contributed by atoms with Crippen molar-refractivity contribution in [3.05, 3.63) is 36.3 Å². The highest BCUT2D eigenvalue weighted by Crippen LogP contribution is 2.37. The van der Waals surface area contributed by atoms with Gasteiger partial charge in [0.05, 0.1) is 12.2 Å². The van der Waals surface area contributed by atoms with Gasteiger partial charge < -0.3 is 15.8 Å². The van der Waals surface area contributed by atoms with Gasteiger partial charge >= 0.3 is 0 Å². The normalized spacial score (nSPS) is 13.8. The van der Waals surface area contributed by atoms with Gasteiger partial charge in [-0.1, -0.05) is 6.42 Å². The number of hydrogen-bond donors (Lipinski definition) is 2. The fourth-order valence-electron chi connectivity index (χ4n) is 2.77. The lowest BCUT2D eigenvalue weighted by atomic mass is 9.85. The minimum atomic E-state index is -0.608. The number of nitrogens with one attached hydrogen (secondary N) is 1. The average Bonchev–Trinajstić information content (AvgIpc) is 2.54. The zero-order chi connectivity index (χ0) is 17.8. The number of aromatic nitrogens is 2. The smallest absolute Gasteiger partial charge is 0.249 e. The molecule has 2 heterocycles. The first-order valence-corrected chi connectivity index (χ1v) is 8.28. The molecule has 2 aromatic rings. The van der Waals surface area contributed by atoms with Crippen LogP contribution in [-0.4, -0.2) is 28.4 Å². The molecule has 1 fully saturated rings. The van der Waals surface area contributed by atoms with Crippen molar-refractivity contribution in [2.45, 2.75) is 26.2 Å². The van der Waals surface area contributed by atoms with Crippen LogP contribution in [0.2, 0.25) is 0 Å². The van der Waals surface area contributed by atoms with Gasteiger partial charge in [0.25, 0.3) is 0 Å². The van der Waals surface area contributed by atoms with Crippen LogP contribution in [0.5, 0.6) is 5.75 Å². The predicted molar refractivity (Wildman–Crippen MR) is 93.1 cm³/mol. The number of carbonyl (C=O) groups is 2. The number of nitrogens with zero attached hydrogens (tertiary/aromatic N) is 2. The van der Waals surface area contributed by atoms with E-state index in [1.807, 2.05) is 6.92 Å². The van der Waals surface area contributed by atoms with E-state index in [0.717, 1.165) is 19.3 Å². The van der Waals surface area contributed by atoms with Crippen molar-refractivity contribution in [2.24, 2.45) is 11.7 Å². The third-order valence-corrected chi connectivity index (χ3v) is 4.28. The molecule has 1 aliphatic carbocycles. The Hall–Kier alpha value is -2.96. The number of rotatable bonds is 6. The number of anilines is 1. The van der Waals surface area contributed by atoms with Crippen molar-refractivity contribution in [1.82, 2.24) is 9.97 Å². The zero-order valence-corrected chi connectivity index (χ0v) is 14.0. The Bertz CT molecular complexity index is 803. The van der Waals surface area contributed by atoms with Gasteiger partial charge in [-0.3, -0.25) is 14.6 Å². The van der Waals surface area contributed by atoms with Crippen LogP contribution in [0.15, 0.2) is 30.7 Å². The number of carbonyl (C=O) groups excluding carboxylic acids is 2. The Kier molecular flexibility index (Phi) is 4.92. The lowest BCUT2D eigenvalue weighted by Crippen LogP contribution is -2.29. The summed E-state index contributed by atoms with van der Waals surface area (Å²) < 4.78 is 5.63. The molecule has 0 radical (unpaired) electrons. The molecule has 2 aromatic heterocycles. The summed E-state index contributed by atoms with van der Waals surface area (Å²) in [6, 6.07) is 3.23. The van der Waals surface area contributed by atoms with E-state index >= 15 is 0 Å². The molecule has 0 spiro atoms. The van der Waals surface area contributed by atoms with Crippen LogP contribution in [0.3, 0.4) is 0 Å². The lowest BCUT2D eigenvalue weighted by molar-refractivity contribution is -0.122. The molecule has 0 aromatic carbocycles. The van der Waals surface area contributed by atoms with Crippen LogP contribution in [0.25, 0.3) is 11.1 Å². The lowest BCUT2D eigenvalue weighted by Gasteiger charge is -2.24. The fraction of sp³-hybridized carbons (Fsp3) is 0.333. The first kappa shape index (κ1) is 16.9. The Morgan fingerprint density at radius 3 is 2.76 bits per heavy atom. The van der Waals surface area contributed by atoms with E-state index in [2.05, 4.69) is 15.3 Å². The molecule has 0 bridgehead atoms. The van der Waals surface area contributed by atoms with E-state index in [0.29, 0.717) is 29.3 Å². The number of pyridine rings is 2. The third-order valence-electron chi connectivity index (χ3n) is 4.28. The van der Waals surface area contributed by atoms with E-state index in [9.17, 15) is 9.59 Å². The Balaban J connectivity index is 2.09. The third kappa shape index (κ3) is 3.45. The van der Waals surface area contributed by atoms with Crippen molar-refractivity contribution in [3.63, 3.8) is 0 Å². The highest BCUT2D eigenvalue weighted by atomic mass is 16.5. The molecule has 0 unspecified atom stereocenters. The SMILES string of the molecule is CCOc1ccncc1-c1c(C(N)=O)ccnc1NC(=O)C1CCC1. The monoisotopic (exact) mass is 340 g/mol. The van der Waals surface area contributed by atoms with Gasteiger partial charge in [0.15, 0.2) is 0 Å². The number of nitrogens with two attached hydrogens (primary N) is 1. The highest BCUT2D eigenvalue weighted by molar-refractivity contribution is 6.05. The summed E-state index contributed by atoms with van der Waals surface area (Å²) in [7, 11) is 0. The quantitative estimate of drug-likeness (QED) is 0.839. The maximum absolute atomic E-state index is 12.4. The molecule has 25 heavy (non-hydrogen) atoms. The van der Waals surface area contributed by atoms with E-state index < -0.39 is 5.91 Å². The number of hydrogen-bond acceptors (Lipinski definition) is 5. The Labute approximate surface area is 145 Å². The predicted octanol–water partition coefficient (Wildman–Crippen LogP) is 2.38. The van der Waals surface area contributed by atoms with Gasteiger partial charge in [-0.15, -0.1) is 0 Å². The molecule has 7 nitrogen and oxygen atoms in total. The maximum Gasteiger partial charge on any atom is 0.249 e. The second-order valence-corrected chi connectivity index (χ2v) is 5.87. The summed E-state index contributed by atoms with van der Waals surface area (Å²) in [6.07, 6.45) is 7.42. The first-order valence-electron chi connectivity index (χ1n) is 8.28. The molecule has 1 saturated carbocycles. The molecule has 0 aliphatic heterocycles. The summed E-state index contributed by atoms with van der Waals surface area (Å²) in [6.45, 7) is 2.31. The summed E-state index contributed by atoms with van der Waals surface area (Å²) in [5.74, 6) is 0.132. The topological polar surface area (TPSA) is 107 Å². The van der Waals surface area contributed by atoms with Crippen molar-refractivity contribution in [1.29, 1.82) is 0 Å². The summed E-state index contributed by atoms with van der Waals surface area (Å²) >= 11 is 0. The first-order chi connectivity index (χ1) is 12.1. The van der Waals surface area contributed by atoms with E-state index in [4.69, 9.17) is 10.5 Å². The molecule has 3 N–H and O–H groups in total. The molecule has 0 atom stereocenters. The van der Waals surface area contributed by atoms with Crippen LogP contribution in [0.1, 0.15) is 36.5 Å². The fourth-order valence-corrected chi connectivity index (χ4v) is 2.77. The van der Waals surface area contributed by atoms with Crippen LogP contribution in [0, 0.1) is 5.92 Å². The van der Waals surface area contributed by atoms with Gasteiger partial charge in [0.2, 0.25) is 11.8 Å². The van der Waals surface area contributed by atoms with Crippen molar-refractivity contribution in [3.8, 4) is 16.9 Å². The molecular formula is C18H20N4O3. The number of primary amides is 1. The van der Waals surface area contributed by atoms with Crippen molar-refractivity contribution >= 4 is 17.6 Å². The summed E-state index contributed by atoms with van der Waals surface area (Å²) in [5, 5.41) is 2.83. The van der Waals surface area contributed by atoms with Gasteiger partial charge in [0.1, 0.15) is 11.6 Å². The largest absolute Gasteiger partial charge is 0.493 e. The Morgan fingerprint density at radius 1 is 1.32 bits per heavy atom. The average molecular weight is 340 g/mol. The van der Waals surface area contributed by atoms with Crippen LogP contribution in [0.4, 0.5) is 5.82 Å². The summed E-state index contributed by atoms with van der Waals surface area (Å²) in [4.78, 5) is 32.7. The highest BCUT2D eigenvalue weighted by Gasteiger charge is 2.27. The second kappa shape index (κ2) is 7.29. The van der Waals surface area contributed by atoms with Gasteiger partial charge in [-0.25, -0.2) is 4.98 Å². The van der Waals surface area contributed by atoms with E-state index in [-0.39, 0.29) is 17.4 Å². The van der Waals surface area contributed by atoms with Crippen molar-refractivity contribution in [2.75, 3.05) is 11.9 Å². The minimum Gasteiger partial charge on any atom is -0.493 e. The molecule has 7 heteroatoms. The minimum absolute atomic E-state index is 0.00727. The molecule has 130 valence electrons. The molecule has 0 saturated heterocycles. The second-order valence-electron chi connectivity index (χ2n) is 5.87. The molecule has 1 aliphatic rings. The zero-order valence-electron chi connectivity index (χ0n) is 14.0. The Morgan fingerprint density at radius 2 is 2.12 bits per heavy atom. The molecular weight excluding hydrogens is 320 g/mol. The number of amides is 2. The number of ether oxygens (including phenoxy) is 1. The van der Waals surface area contributed by atoms with Gasteiger partial charge in [-0.05, 0) is 31.9 Å². The maximum atomic E-state index is 12.4. The van der Waals surface area contributed by atoms with Gasteiger partial charge in [0, 0.05) is 35.6 Å².